The Morgan fingerprint density at radius 2 is 1.75 bits per heavy atom. The van der Waals surface area contributed by atoms with Crippen LogP contribution in [0.5, 0.6) is 0 Å². The van der Waals surface area contributed by atoms with Crippen molar-refractivity contribution in [2.24, 2.45) is 0 Å². The molecule has 0 saturated carbocycles. The number of amides is 5. The molecule has 1 saturated heterocycles. The Bertz CT molecular complexity index is 803. The highest BCUT2D eigenvalue weighted by atomic mass is 127. The lowest BCUT2D eigenvalue weighted by Crippen LogP contribution is -2.70. The van der Waals surface area contributed by atoms with Crippen molar-refractivity contribution in [2.45, 2.75) is 12.5 Å². The van der Waals surface area contributed by atoms with Crippen LogP contribution in [-0.2, 0) is 9.59 Å². The molecule has 0 aliphatic carbocycles. The number of carbonyl (C=O) groups is 4. The van der Waals surface area contributed by atoms with E-state index in [9.17, 15) is 36.7 Å². The van der Waals surface area contributed by atoms with E-state index in [1.165, 1.54) is 22.9 Å². The topological polar surface area (TPSA) is 95.6 Å². The number of carbonyl (C=O) groups excluding carboxylic acids is 4. The van der Waals surface area contributed by atoms with Gasteiger partial charge in [-0.15, -0.1) is 0 Å². The molecule has 1 aliphatic heterocycles. The van der Waals surface area contributed by atoms with E-state index in [2.05, 4.69) is 0 Å². The van der Waals surface area contributed by atoms with Crippen LogP contribution in [0.1, 0.15) is 17.3 Å². The summed E-state index contributed by atoms with van der Waals surface area (Å²) >= 11 is 1.25. The zero-order valence-corrected chi connectivity index (χ0v) is 13.7. The molecule has 5 amide bonds. The van der Waals surface area contributed by atoms with Gasteiger partial charge >= 0.3 is 6.03 Å². The highest BCUT2D eigenvalue weighted by molar-refractivity contribution is 14.1. The predicted octanol–water partition coefficient (Wildman–Crippen LogP) is 1.16. The Kier molecular flexibility index (Phi) is 4.52. The van der Waals surface area contributed by atoms with Crippen molar-refractivity contribution >= 4 is 46.6 Å². The first-order chi connectivity index (χ1) is 11.0. The predicted molar refractivity (Wildman–Crippen MR) is 76.5 cm³/mol. The fourth-order valence-corrected chi connectivity index (χ4v) is 2.40. The Balaban J connectivity index is 2.41. The lowest BCUT2D eigenvalue weighted by Gasteiger charge is -2.34. The first-order valence-corrected chi connectivity index (χ1v) is 6.98. The van der Waals surface area contributed by atoms with Gasteiger partial charge in [0.15, 0.2) is 28.8 Å². The van der Waals surface area contributed by atoms with Gasteiger partial charge in [0, 0.05) is 0 Å². The average Bonchev–Trinajstić information content (AvgIpc) is 2.52. The minimum absolute atomic E-state index is 0.0740. The smallest absolute Gasteiger partial charge is 0.330 e. The Hall–Kier alpha value is -2.25. The monoisotopic (exact) mass is 459 g/mol. The zero-order valence-electron chi connectivity index (χ0n) is 11.5. The molecule has 1 aromatic carbocycles. The average molecular weight is 459 g/mol. The van der Waals surface area contributed by atoms with Gasteiger partial charge in [0.1, 0.15) is 0 Å². The van der Waals surface area contributed by atoms with Gasteiger partial charge in [-0.2, -0.15) is 3.11 Å². The van der Waals surface area contributed by atoms with Crippen LogP contribution in [0, 0.1) is 23.3 Å². The van der Waals surface area contributed by atoms with Crippen LogP contribution in [0.4, 0.5) is 22.4 Å². The van der Waals surface area contributed by atoms with Crippen molar-refractivity contribution in [3.63, 3.8) is 0 Å². The number of nitrogens with one attached hydrogen (secondary N) is 2. The molecule has 2 N–H and O–H groups in total. The first kappa shape index (κ1) is 18.1. The minimum Gasteiger partial charge on any atom is -0.330 e. The molecule has 1 aliphatic rings. The van der Waals surface area contributed by atoms with Crippen LogP contribution < -0.4 is 10.6 Å². The number of nitrogens with zero attached hydrogens (tertiary/aromatic N) is 1. The zero-order chi connectivity index (χ0) is 18.4. The van der Waals surface area contributed by atoms with Crippen molar-refractivity contribution in [3.8, 4) is 0 Å². The van der Waals surface area contributed by atoms with Crippen molar-refractivity contribution in [2.75, 3.05) is 0 Å². The van der Waals surface area contributed by atoms with Gasteiger partial charge in [0.25, 0.3) is 17.7 Å². The van der Waals surface area contributed by atoms with Crippen molar-refractivity contribution in [1.29, 1.82) is 0 Å². The van der Waals surface area contributed by atoms with Gasteiger partial charge < -0.3 is 5.32 Å². The van der Waals surface area contributed by atoms with E-state index in [-0.39, 0.29) is 6.07 Å². The van der Waals surface area contributed by atoms with Crippen LogP contribution >= 0.6 is 22.9 Å². The summed E-state index contributed by atoms with van der Waals surface area (Å²) in [5.74, 6) is -12.2. The number of halogens is 5. The maximum Gasteiger partial charge on any atom is 0.340 e. The highest BCUT2D eigenvalue weighted by Gasteiger charge is 2.51. The number of urea groups is 1. The molecule has 1 heterocycles. The van der Waals surface area contributed by atoms with Crippen LogP contribution in [0.2, 0.25) is 0 Å². The van der Waals surface area contributed by atoms with Crippen molar-refractivity contribution < 1.29 is 36.7 Å². The van der Waals surface area contributed by atoms with Crippen molar-refractivity contribution in [1.82, 2.24) is 13.7 Å². The normalized spacial score (nSPS) is 20.9. The van der Waals surface area contributed by atoms with E-state index in [4.69, 9.17) is 0 Å². The lowest BCUT2D eigenvalue weighted by atomic mass is 9.97. The molecule has 0 radical (unpaired) electrons. The summed E-state index contributed by atoms with van der Waals surface area (Å²) in [5.41, 5.74) is -3.61. The molecule has 0 spiro atoms. The van der Waals surface area contributed by atoms with Gasteiger partial charge in [-0.3, -0.25) is 19.7 Å². The summed E-state index contributed by atoms with van der Waals surface area (Å²) in [6.07, 6.45) is 0. The number of hydrogen-bond donors (Lipinski definition) is 2. The van der Waals surface area contributed by atoms with Crippen molar-refractivity contribution in [3.05, 3.63) is 34.9 Å². The number of barbiturate groups is 1. The van der Waals surface area contributed by atoms with E-state index in [0.29, 0.717) is 3.11 Å². The summed E-state index contributed by atoms with van der Waals surface area (Å²) in [7, 11) is 0. The molecular formula is C12H6F4IN3O4. The number of hydrogen-bond acceptors (Lipinski definition) is 4. The molecule has 1 aromatic rings. The fourth-order valence-electron chi connectivity index (χ4n) is 1.80. The number of benzene rings is 1. The maximum atomic E-state index is 13.6. The first-order valence-electron chi connectivity index (χ1n) is 6.02. The molecule has 7 nitrogen and oxygen atoms in total. The third kappa shape index (κ3) is 2.70. The molecule has 1 fully saturated rings. The van der Waals surface area contributed by atoms with Gasteiger partial charge in [-0.25, -0.2) is 22.4 Å². The fraction of sp³-hybridized carbons (Fsp3) is 0.167. The molecule has 0 bridgehead atoms. The summed E-state index contributed by atoms with van der Waals surface area (Å²) < 4.78 is 53.3. The second kappa shape index (κ2) is 5.99. The molecular weight excluding hydrogens is 453 g/mol. The van der Waals surface area contributed by atoms with E-state index >= 15 is 0 Å². The molecule has 12 heteroatoms. The van der Waals surface area contributed by atoms with Crippen LogP contribution in [0.3, 0.4) is 0 Å². The van der Waals surface area contributed by atoms with E-state index < -0.39 is 58.1 Å². The Morgan fingerprint density at radius 3 is 2.33 bits per heavy atom. The van der Waals surface area contributed by atoms with Gasteiger partial charge in [-0.05, 0) is 13.0 Å². The van der Waals surface area contributed by atoms with Crippen LogP contribution in [-0.4, -0.2) is 32.4 Å². The van der Waals surface area contributed by atoms with Gasteiger partial charge in [0.05, 0.1) is 28.4 Å². The SMILES string of the molecule is CC1(NC(=O)c2cc(F)c(F)c(F)c2F)C(=O)NC(=O)N(I)C1=O. The van der Waals surface area contributed by atoms with E-state index in [0.717, 1.165) is 6.92 Å². The van der Waals surface area contributed by atoms with E-state index in [1.807, 2.05) is 0 Å². The van der Waals surface area contributed by atoms with Crippen LogP contribution in [0.25, 0.3) is 0 Å². The molecule has 1 atom stereocenters. The minimum atomic E-state index is -2.35. The highest BCUT2D eigenvalue weighted by Crippen LogP contribution is 2.22. The summed E-state index contributed by atoms with van der Waals surface area (Å²) in [5, 5.41) is 3.54. The maximum absolute atomic E-state index is 13.6. The summed E-state index contributed by atoms with van der Waals surface area (Å²) in [6.45, 7) is 0.898. The Labute approximate surface area is 144 Å². The molecule has 2 rings (SSSR count). The Morgan fingerprint density at radius 1 is 1.17 bits per heavy atom. The lowest BCUT2D eigenvalue weighted by molar-refractivity contribution is -0.141. The molecule has 0 aromatic heterocycles. The standard InChI is InChI=1S/C12H6F4IN3O4/c1-12(9(22)18-11(24)20(17)10(12)23)19-8(21)3-2-4(13)6(15)7(16)5(3)14/h2H,1H3,(H,19,21)(H,18,22,24). The summed E-state index contributed by atoms with van der Waals surface area (Å²) in [6, 6.07) is -0.993. The van der Waals surface area contributed by atoms with Gasteiger partial charge in [-0.1, -0.05) is 0 Å². The van der Waals surface area contributed by atoms with Gasteiger partial charge in [0.2, 0.25) is 0 Å². The van der Waals surface area contributed by atoms with Crippen LogP contribution in [0.15, 0.2) is 6.07 Å². The number of rotatable bonds is 2. The quantitative estimate of drug-likeness (QED) is 0.173. The van der Waals surface area contributed by atoms with E-state index in [1.54, 1.807) is 10.6 Å². The third-order valence-corrected chi connectivity index (χ3v) is 4.05. The number of imide groups is 2. The second-order valence-electron chi connectivity index (χ2n) is 4.77. The third-order valence-electron chi connectivity index (χ3n) is 3.17. The molecule has 1 unspecified atom stereocenters. The second-order valence-corrected chi connectivity index (χ2v) is 5.74. The molecule has 24 heavy (non-hydrogen) atoms. The molecule has 128 valence electrons. The summed E-state index contributed by atoms with van der Waals surface area (Å²) in [4.78, 5) is 47.1. The largest absolute Gasteiger partial charge is 0.340 e.